The molecule has 1 heterocycles. The van der Waals surface area contributed by atoms with Gasteiger partial charge in [0.05, 0.1) is 5.56 Å². The lowest BCUT2D eigenvalue weighted by atomic mass is 10.1. The number of rotatable bonds is 3. The Bertz CT molecular complexity index is 587. The number of amides is 2. The van der Waals surface area contributed by atoms with Gasteiger partial charge in [-0.1, -0.05) is 15.9 Å². The molecule has 4 nitrogen and oxygen atoms in total. The molecule has 6 heteroatoms. The number of carbonyl (C=O) groups excluding carboxylic acids is 2. The highest BCUT2D eigenvalue weighted by molar-refractivity contribution is 9.11. The second-order valence-corrected chi connectivity index (χ2v) is 7.33. The van der Waals surface area contributed by atoms with Gasteiger partial charge in [0.25, 0.3) is 5.91 Å². The van der Waals surface area contributed by atoms with Crippen LogP contribution in [0.25, 0.3) is 0 Å². The Hall–Kier alpha value is -0.880. The van der Waals surface area contributed by atoms with Crippen molar-refractivity contribution < 1.29 is 9.59 Å². The molecule has 2 amide bonds. The summed E-state index contributed by atoms with van der Waals surface area (Å²) in [5.74, 6) is -0.0916. The smallest absolute Gasteiger partial charge is 0.255 e. The third-order valence-corrected chi connectivity index (χ3v) is 5.08. The Morgan fingerprint density at radius 3 is 2.67 bits per heavy atom. The molecular formula is C15H16Br2N2O2. The minimum atomic E-state index is -0.330. The van der Waals surface area contributed by atoms with Crippen molar-refractivity contribution in [2.75, 3.05) is 6.54 Å². The third-order valence-electron chi connectivity index (χ3n) is 3.90. The van der Waals surface area contributed by atoms with Gasteiger partial charge < -0.3 is 10.2 Å². The van der Waals surface area contributed by atoms with Crippen molar-refractivity contribution in [2.24, 2.45) is 0 Å². The third kappa shape index (κ3) is 3.31. The predicted octanol–water partition coefficient (Wildman–Crippen LogP) is 3.09. The summed E-state index contributed by atoms with van der Waals surface area (Å²) in [5.41, 5.74) is 0.593. The summed E-state index contributed by atoms with van der Waals surface area (Å²) >= 11 is 6.80. The minimum absolute atomic E-state index is 0.00512. The average molecular weight is 416 g/mol. The Kier molecular flexibility index (Phi) is 4.36. The van der Waals surface area contributed by atoms with E-state index in [4.69, 9.17) is 0 Å². The number of nitrogens with one attached hydrogen (secondary N) is 1. The Morgan fingerprint density at radius 2 is 1.95 bits per heavy atom. The van der Waals surface area contributed by atoms with Crippen LogP contribution in [0.4, 0.5) is 0 Å². The number of likely N-dealkylation sites (tertiary alicyclic amines) is 1. The molecule has 1 saturated heterocycles. The second kappa shape index (κ2) is 6.08. The summed E-state index contributed by atoms with van der Waals surface area (Å²) in [7, 11) is 0. The van der Waals surface area contributed by atoms with Crippen LogP contribution in [0.2, 0.25) is 0 Å². The van der Waals surface area contributed by atoms with Gasteiger partial charge >= 0.3 is 0 Å². The van der Waals surface area contributed by atoms with Crippen LogP contribution in [0.1, 0.15) is 36.0 Å². The van der Waals surface area contributed by atoms with Crippen LogP contribution < -0.4 is 5.32 Å². The molecule has 112 valence electrons. The highest BCUT2D eigenvalue weighted by Crippen LogP contribution is 2.27. The van der Waals surface area contributed by atoms with Crippen molar-refractivity contribution in [3.8, 4) is 0 Å². The molecule has 0 radical (unpaired) electrons. The lowest BCUT2D eigenvalue weighted by Gasteiger charge is -2.24. The molecule has 1 aliphatic carbocycles. The van der Waals surface area contributed by atoms with E-state index in [-0.39, 0.29) is 17.9 Å². The molecule has 1 unspecified atom stereocenters. The first-order chi connectivity index (χ1) is 10.1. The quantitative estimate of drug-likeness (QED) is 0.824. The Labute approximate surface area is 140 Å². The van der Waals surface area contributed by atoms with Gasteiger partial charge in [-0.2, -0.15) is 0 Å². The zero-order chi connectivity index (χ0) is 15.0. The maximum absolute atomic E-state index is 12.7. The van der Waals surface area contributed by atoms with Gasteiger partial charge in [0.1, 0.15) is 6.04 Å². The van der Waals surface area contributed by atoms with Gasteiger partial charge in [-0.25, -0.2) is 0 Å². The fraction of sp³-hybridized carbons (Fsp3) is 0.467. The summed E-state index contributed by atoms with van der Waals surface area (Å²) in [6.45, 7) is 0.639. The Morgan fingerprint density at radius 1 is 1.19 bits per heavy atom. The van der Waals surface area contributed by atoms with Crippen LogP contribution in [0, 0.1) is 0 Å². The van der Waals surface area contributed by atoms with E-state index in [1.807, 2.05) is 12.1 Å². The zero-order valence-corrected chi connectivity index (χ0v) is 14.6. The van der Waals surface area contributed by atoms with E-state index in [0.717, 1.165) is 34.6 Å². The molecule has 1 aliphatic heterocycles. The number of nitrogens with zero attached hydrogens (tertiary/aromatic N) is 1. The fourth-order valence-corrected chi connectivity index (χ4v) is 3.40. The molecule has 2 aliphatic rings. The molecule has 3 rings (SSSR count). The van der Waals surface area contributed by atoms with E-state index < -0.39 is 0 Å². The Balaban J connectivity index is 1.78. The van der Waals surface area contributed by atoms with E-state index in [1.165, 1.54) is 0 Å². The number of halogens is 2. The molecule has 2 fully saturated rings. The van der Waals surface area contributed by atoms with Gasteiger partial charge in [-0.3, -0.25) is 9.59 Å². The van der Waals surface area contributed by atoms with Gasteiger partial charge in [0, 0.05) is 21.5 Å². The SMILES string of the molecule is O=C(NC1CC1)C1CCCN1C(=O)c1cc(Br)ccc1Br. The van der Waals surface area contributed by atoms with Crippen molar-refractivity contribution in [3.63, 3.8) is 0 Å². The predicted molar refractivity (Wildman–Crippen MR) is 87.1 cm³/mol. The van der Waals surface area contributed by atoms with Gasteiger partial charge in [-0.15, -0.1) is 0 Å². The van der Waals surface area contributed by atoms with Crippen LogP contribution in [0.15, 0.2) is 27.1 Å². The molecule has 1 atom stereocenters. The maximum Gasteiger partial charge on any atom is 0.255 e. The lowest BCUT2D eigenvalue weighted by molar-refractivity contribution is -0.125. The topological polar surface area (TPSA) is 49.4 Å². The highest BCUT2D eigenvalue weighted by atomic mass is 79.9. The standard InChI is InChI=1S/C15H16Br2N2O2/c16-9-3-6-12(17)11(8-9)15(21)19-7-1-2-13(19)14(20)18-10-4-5-10/h3,6,8,10,13H,1-2,4-5,7H2,(H,18,20). The number of hydrogen-bond acceptors (Lipinski definition) is 2. The van der Waals surface area contributed by atoms with Crippen molar-refractivity contribution in [1.82, 2.24) is 10.2 Å². The first-order valence-electron chi connectivity index (χ1n) is 7.12. The fourth-order valence-electron chi connectivity index (χ4n) is 2.62. The summed E-state index contributed by atoms with van der Waals surface area (Å²) in [6, 6.07) is 5.51. The van der Waals surface area contributed by atoms with Crippen molar-refractivity contribution >= 4 is 43.7 Å². The molecule has 1 aromatic carbocycles. The molecule has 0 spiro atoms. The number of carbonyl (C=O) groups is 2. The van der Waals surface area contributed by atoms with Gasteiger partial charge in [0.15, 0.2) is 0 Å². The average Bonchev–Trinajstić information content (AvgIpc) is 3.13. The largest absolute Gasteiger partial charge is 0.352 e. The summed E-state index contributed by atoms with van der Waals surface area (Å²) < 4.78 is 1.61. The maximum atomic E-state index is 12.7. The minimum Gasteiger partial charge on any atom is -0.352 e. The van der Waals surface area contributed by atoms with Gasteiger partial charge in [0.2, 0.25) is 5.91 Å². The number of hydrogen-bond donors (Lipinski definition) is 1. The molecule has 0 bridgehead atoms. The van der Waals surface area contributed by atoms with E-state index in [0.29, 0.717) is 18.2 Å². The second-order valence-electron chi connectivity index (χ2n) is 5.56. The van der Waals surface area contributed by atoms with Crippen LogP contribution >= 0.6 is 31.9 Å². The molecule has 1 saturated carbocycles. The molecule has 0 aromatic heterocycles. The molecule has 1 N–H and O–H groups in total. The summed E-state index contributed by atoms with van der Waals surface area (Å²) in [5, 5.41) is 3.00. The highest BCUT2D eigenvalue weighted by Gasteiger charge is 2.37. The summed E-state index contributed by atoms with van der Waals surface area (Å²) in [6.07, 6.45) is 3.74. The van der Waals surface area contributed by atoms with Crippen LogP contribution in [0.3, 0.4) is 0 Å². The summed E-state index contributed by atoms with van der Waals surface area (Å²) in [4.78, 5) is 26.7. The lowest BCUT2D eigenvalue weighted by Crippen LogP contribution is -2.46. The van der Waals surface area contributed by atoms with Crippen LogP contribution in [-0.2, 0) is 4.79 Å². The van der Waals surface area contributed by atoms with E-state index in [1.54, 1.807) is 11.0 Å². The van der Waals surface area contributed by atoms with Crippen molar-refractivity contribution in [3.05, 3.63) is 32.7 Å². The van der Waals surface area contributed by atoms with Crippen LogP contribution in [0.5, 0.6) is 0 Å². The first-order valence-corrected chi connectivity index (χ1v) is 8.71. The normalized spacial score (nSPS) is 21.4. The van der Waals surface area contributed by atoms with Crippen molar-refractivity contribution in [2.45, 2.75) is 37.8 Å². The van der Waals surface area contributed by atoms with E-state index in [9.17, 15) is 9.59 Å². The van der Waals surface area contributed by atoms with E-state index >= 15 is 0 Å². The molecule has 1 aromatic rings. The molecule has 21 heavy (non-hydrogen) atoms. The first kappa shape index (κ1) is 15.0. The zero-order valence-electron chi connectivity index (χ0n) is 11.4. The van der Waals surface area contributed by atoms with E-state index in [2.05, 4.69) is 37.2 Å². The van der Waals surface area contributed by atoms with Crippen LogP contribution in [-0.4, -0.2) is 35.3 Å². The monoisotopic (exact) mass is 414 g/mol. The molecular weight excluding hydrogens is 400 g/mol. The van der Waals surface area contributed by atoms with Crippen molar-refractivity contribution in [1.29, 1.82) is 0 Å². The van der Waals surface area contributed by atoms with Gasteiger partial charge in [-0.05, 0) is 59.8 Å². The number of benzene rings is 1.